The molecule has 0 aromatic heterocycles. The molecule has 5 aliphatic heterocycles. The van der Waals surface area contributed by atoms with E-state index in [4.69, 9.17) is 18.9 Å². The van der Waals surface area contributed by atoms with Gasteiger partial charge in [-0.1, -0.05) is 107 Å². The molecule has 8 saturated carbocycles. The molecule has 13 fully saturated rings. The summed E-state index contributed by atoms with van der Waals surface area (Å²) in [5, 5.41) is 36.9. The standard InChI is InChI=1S/C64H112N8O4/c1-9-29-73-53-41-25-17-13-21-37(41)33(5)45-49(53)61-66-57(45)65-58-46-34(6)38-22-14-18-26-42(38)54(74-30-10-2)50(46)62(67-58)69-60-48-36(8)40-24-16-20-28-44(40)56(76-32-12-4)52(48)64(71-60)72-63-51-47(59(68-61)70-63)35(7)39-23-15-19-27-43(39)55(51)75-31-11-3/h33-72H,9-32H2,1-8H3. The Labute approximate surface area is 462 Å². The van der Waals surface area contributed by atoms with Crippen LogP contribution in [0.1, 0.15) is 184 Å². The molecule has 8 aliphatic carbocycles. The predicted octanol–water partition coefficient (Wildman–Crippen LogP) is 9.31. The van der Waals surface area contributed by atoms with Crippen LogP contribution in [0.5, 0.6) is 0 Å². The van der Waals surface area contributed by atoms with E-state index in [-0.39, 0.29) is 73.7 Å². The quantitative estimate of drug-likeness (QED) is 0.0948. The Morgan fingerprint density at radius 3 is 0.605 bits per heavy atom. The third-order valence-electron chi connectivity index (χ3n) is 25.6. The van der Waals surface area contributed by atoms with Gasteiger partial charge in [0.05, 0.1) is 73.7 Å². The summed E-state index contributed by atoms with van der Waals surface area (Å²) in [5.74, 6) is 10.9. The maximum absolute atomic E-state index is 7.41. The summed E-state index contributed by atoms with van der Waals surface area (Å²) in [6.45, 7) is 23.4. The van der Waals surface area contributed by atoms with E-state index in [1.165, 1.54) is 103 Å². The lowest BCUT2D eigenvalue weighted by molar-refractivity contribution is -0.138. The van der Waals surface area contributed by atoms with Crippen LogP contribution < -0.4 is 42.5 Å². The van der Waals surface area contributed by atoms with Gasteiger partial charge >= 0.3 is 0 Å². The minimum Gasteiger partial charge on any atom is -0.378 e. The van der Waals surface area contributed by atoms with Crippen LogP contribution in [0, 0.1) is 118 Å². The molecule has 5 heterocycles. The first-order chi connectivity index (χ1) is 37.2. The molecule has 13 aliphatic rings. The van der Waals surface area contributed by atoms with Crippen molar-refractivity contribution < 1.29 is 18.9 Å². The third-order valence-corrected chi connectivity index (χ3v) is 25.6. The van der Waals surface area contributed by atoms with E-state index in [1.807, 2.05) is 0 Å². The van der Waals surface area contributed by atoms with Crippen molar-refractivity contribution in [1.29, 1.82) is 0 Å². The van der Waals surface area contributed by atoms with E-state index < -0.39 is 0 Å². The van der Waals surface area contributed by atoms with Gasteiger partial charge in [-0.2, -0.15) is 0 Å². The van der Waals surface area contributed by atoms with Gasteiger partial charge in [0.15, 0.2) is 0 Å². The number of hydrogen-bond donors (Lipinski definition) is 8. The average Bonchev–Trinajstić information content (AvgIpc) is 4.20. The van der Waals surface area contributed by atoms with E-state index in [0.29, 0.717) is 118 Å². The fraction of sp³-hybridized carbons (Fsp3) is 1.00. The van der Waals surface area contributed by atoms with Gasteiger partial charge in [0.2, 0.25) is 0 Å². The lowest BCUT2D eigenvalue weighted by atomic mass is 9.55. The lowest BCUT2D eigenvalue weighted by Gasteiger charge is -2.54. The zero-order chi connectivity index (χ0) is 51.9. The molecule has 12 nitrogen and oxygen atoms in total. The maximum atomic E-state index is 7.41. The second-order valence-corrected chi connectivity index (χ2v) is 29.0. The van der Waals surface area contributed by atoms with Gasteiger partial charge < -0.3 is 18.9 Å². The summed E-state index contributed by atoms with van der Waals surface area (Å²) in [4.78, 5) is 0. The molecule has 12 heteroatoms. The smallest absolute Gasteiger partial charge is 0.0665 e. The van der Waals surface area contributed by atoms with Crippen molar-refractivity contribution in [3.63, 3.8) is 0 Å². The summed E-state index contributed by atoms with van der Waals surface area (Å²) in [5.41, 5.74) is 0. The van der Waals surface area contributed by atoms with Crippen molar-refractivity contribution in [2.75, 3.05) is 26.4 Å². The molecule has 0 spiro atoms. The molecule has 0 aromatic carbocycles. The van der Waals surface area contributed by atoms with Gasteiger partial charge in [-0.25, -0.2) is 0 Å². The minimum absolute atomic E-state index is 0.101. The van der Waals surface area contributed by atoms with Crippen molar-refractivity contribution in [3.05, 3.63) is 0 Å². The number of rotatable bonds is 12. The molecule has 432 valence electrons. The van der Waals surface area contributed by atoms with Gasteiger partial charge in [0.25, 0.3) is 0 Å². The highest BCUT2D eigenvalue weighted by atomic mass is 16.5. The highest BCUT2D eigenvalue weighted by Gasteiger charge is 2.66. The van der Waals surface area contributed by atoms with Crippen molar-refractivity contribution in [2.45, 2.75) is 258 Å². The molecule has 32 atom stereocenters. The van der Waals surface area contributed by atoms with Gasteiger partial charge in [-0.3, -0.25) is 42.5 Å². The van der Waals surface area contributed by atoms with Crippen LogP contribution in [0.25, 0.3) is 0 Å². The highest BCUT2D eigenvalue weighted by Crippen LogP contribution is 2.60. The van der Waals surface area contributed by atoms with Gasteiger partial charge in [-0.15, -0.1) is 0 Å². The third kappa shape index (κ3) is 9.33. The van der Waals surface area contributed by atoms with Crippen LogP contribution in [0.2, 0.25) is 0 Å². The number of ether oxygens (including phenoxy) is 4. The van der Waals surface area contributed by atoms with Crippen LogP contribution >= 0.6 is 0 Å². The molecule has 32 unspecified atom stereocenters. The summed E-state index contributed by atoms with van der Waals surface area (Å²) >= 11 is 0. The van der Waals surface area contributed by atoms with E-state index in [9.17, 15) is 0 Å². The first-order valence-corrected chi connectivity index (χ1v) is 33.8. The van der Waals surface area contributed by atoms with Crippen molar-refractivity contribution in [1.82, 2.24) is 42.5 Å². The number of fused-ring (bicyclic) bond motifs is 24. The Bertz CT molecular complexity index is 1790. The van der Waals surface area contributed by atoms with Gasteiger partial charge in [0, 0.05) is 50.1 Å². The summed E-state index contributed by atoms with van der Waals surface area (Å²) < 4.78 is 29.6. The minimum atomic E-state index is 0.101. The van der Waals surface area contributed by atoms with E-state index >= 15 is 0 Å². The number of hydrogen-bond acceptors (Lipinski definition) is 12. The fourth-order valence-electron chi connectivity index (χ4n) is 23.0. The van der Waals surface area contributed by atoms with Crippen molar-refractivity contribution in [3.8, 4) is 0 Å². The second kappa shape index (κ2) is 23.3. The van der Waals surface area contributed by atoms with Gasteiger partial charge in [0.1, 0.15) is 0 Å². The van der Waals surface area contributed by atoms with Crippen LogP contribution in [0.4, 0.5) is 0 Å². The molecule has 5 saturated heterocycles. The molecule has 8 N–H and O–H groups in total. The fourth-order valence-corrected chi connectivity index (χ4v) is 23.0. The monoisotopic (exact) mass is 1060 g/mol. The predicted molar refractivity (Wildman–Crippen MR) is 302 cm³/mol. The average molecular weight is 1060 g/mol. The van der Waals surface area contributed by atoms with E-state index in [1.54, 1.807) is 0 Å². The second-order valence-electron chi connectivity index (χ2n) is 29.0. The Hall–Kier alpha value is -0.480. The zero-order valence-corrected chi connectivity index (χ0v) is 49.1. The van der Waals surface area contributed by atoms with E-state index in [0.717, 1.165) is 52.1 Å². The lowest BCUT2D eigenvalue weighted by Crippen LogP contribution is -2.62. The van der Waals surface area contributed by atoms with Crippen molar-refractivity contribution in [2.24, 2.45) is 118 Å². The number of nitrogens with one attached hydrogen (secondary N) is 8. The first kappa shape index (κ1) is 54.8. The molecular weight excluding hydrogens is 945 g/mol. The molecule has 0 aromatic rings. The maximum Gasteiger partial charge on any atom is 0.0665 e. The summed E-state index contributed by atoms with van der Waals surface area (Å²) in [6.07, 6.45) is 27.8. The molecule has 76 heavy (non-hydrogen) atoms. The molecule has 13 rings (SSSR count). The summed E-state index contributed by atoms with van der Waals surface area (Å²) in [7, 11) is 0. The van der Waals surface area contributed by atoms with Crippen LogP contribution in [-0.2, 0) is 18.9 Å². The Morgan fingerprint density at radius 1 is 0.250 bits per heavy atom. The van der Waals surface area contributed by atoms with E-state index in [2.05, 4.69) is 97.9 Å². The highest BCUT2D eigenvalue weighted by molar-refractivity contribution is 5.18. The van der Waals surface area contributed by atoms with Gasteiger partial charge in [-0.05, 0) is 172 Å². The molecule has 0 radical (unpaired) electrons. The Morgan fingerprint density at radius 2 is 0.421 bits per heavy atom. The molecular formula is C64H112N8O4. The SMILES string of the molecule is CCCOC1C2CCCCC2C(C)C2C3NC4NC(NC5NC(NC6NC(NC(N3)C12)C1C(C)C2CCCCC2C(OCCC)C61)C1C(OCCC)C2CCCCC2C(C)C51)C1C(OCCC)C2CCCCC2C(C)C41. The zero-order valence-electron chi connectivity index (χ0n) is 49.1. The summed E-state index contributed by atoms with van der Waals surface area (Å²) in [6, 6.07) is 0. The van der Waals surface area contributed by atoms with Crippen molar-refractivity contribution >= 4 is 0 Å². The Kier molecular flexibility index (Phi) is 16.8. The van der Waals surface area contributed by atoms with Crippen LogP contribution in [-0.4, -0.2) is 100 Å². The topological polar surface area (TPSA) is 133 Å². The van der Waals surface area contributed by atoms with Crippen LogP contribution in [0.3, 0.4) is 0 Å². The molecule has 0 amide bonds. The normalized spacial score (nSPS) is 55.3. The first-order valence-electron chi connectivity index (χ1n) is 33.8. The Balaban J connectivity index is 0.953. The van der Waals surface area contributed by atoms with Crippen LogP contribution in [0.15, 0.2) is 0 Å². The largest absolute Gasteiger partial charge is 0.378 e. The molecule has 8 bridgehead atoms.